The van der Waals surface area contributed by atoms with Crippen molar-refractivity contribution in [3.63, 3.8) is 0 Å². The van der Waals surface area contributed by atoms with E-state index < -0.39 is 0 Å². The van der Waals surface area contributed by atoms with E-state index in [1.807, 2.05) is 12.1 Å². The number of hydrogen-bond acceptors (Lipinski definition) is 1. The summed E-state index contributed by atoms with van der Waals surface area (Å²) in [6, 6.07) is 8.29. The molecule has 0 aliphatic rings. The Balaban J connectivity index is 0.000000810. The SMILES string of the molecule is Cc1ccccc1CS.[Na]. The van der Waals surface area contributed by atoms with E-state index in [1.54, 1.807) is 0 Å². The van der Waals surface area contributed by atoms with Crippen LogP contribution in [-0.4, -0.2) is 29.6 Å². The topological polar surface area (TPSA) is 0 Å². The van der Waals surface area contributed by atoms with Crippen LogP contribution in [0.5, 0.6) is 0 Å². The van der Waals surface area contributed by atoms with Crippen LogP contribution in [-0.2, 0) is 5.75 Å². The van der Waals surface area contributed by atoms with E-state index in [0.717, 1.165) is 5.75 Å². The molecule has 0 unspecified atom stereocenters. The molecule has 10 heavy (non-hydrogen) atoms. The Labute approximate surface area is 89.7 Å². The molecule has 0 aliphatic carbocycles. The van der Waals surface area contributed by atoms with Gasteiger partial charge in [0.15, 0.2) is 0 Å². The van der Waals surface area contributed by atoms with E-state index >= 15 is 0 Å². The van der Waals surface area contributed by atoms with Crippen molar-refractivity contribution in [1.82, 2.24) is 0 Å². The van der Waals surface area contributed by atoms with Crippen molar-refractivity contribution in [2.45, 2.75) is 12.7 Å². The summed E-state index contributed by atoms with van der Waals surface area (Å²) in [7, 11) is 0. The van der Waals surface area contributed by atoms with Gasteiger partial charge in [-0.05, 0) is 18.1 Å². The first kappa shape index (κ1) is 10.6. The quantitative estimate of drug-likeness (QED) is 0.473. The second kappa shape index (κ2) is 5.25. The third-order valence-electron chi connectivity index (χ3n) is 1.43. The number of aryl methyl sites for hydroxylation is 1. The summed E-state index contributed by atoms with van der Waals surface area (Å²) < 4.78 is 0. The van der Waals surface area contributed by atoms with E-state index in [4.69, 9.17) is 0 Å². The fraction of sp³-hybridized carbons (Fsp3) is 0.250. The van der Waals surface area contributed by atoms with Gasteiger partial charge in [-0.1, -0.05) is 24.3 Å². The molecule has 0 aliphatic heterocycles. The largest absolute Gasteiger partial charge is 0.175 e. The monoisotopic (exact) mass is 161 g/mol. The molecule has 0 saturated heterocycles. The minimum Gasteiger partial charge on any atom is -0.175 e. The van der Waals surface area contributed by atoms with Gasteiger partial charge in [0, 0.05) is 35.3 Å². The predicted molar refractivity (Wildman–Crippen MR) is 49.6 cm³/mol. The van der Waals surface area contributed by atoms with Gasteiger partial charge in [0.05, 0.1) is 0 Å². The molecule has 2 heteroatoms. The van der Waals surface area contributed by atoms with Gasteiger partial charge in [0.1, 0.15) is 0 Å². The first-order valence-corrected chi connectivity index (χ1v) is 3.63. The van der Waals surface area contributed by atoms with Gasteiger partial charge in [0.2, 0.25) is 0 Å². The predicted octanol–water partition coefficient (Wildman–Crippen LogP) is 2.04. The molecule has 0 spiro atoms. The third kappa shape index (κ3) is 2.67. The molecular weight excluding hydrogens is 151 g/mol. The van der Waals surface area contributed by atoms with Crippen LogP contribution in [0.2, 0.25) is 0 Å². The average molecular weight is 161 g/mol. The summed E-state index contributed by atoms with van der Waals surface area (Å²) in [5.41, 5.74) is 2.65. The van der Waals surface area contributed by atoms with Crippen molar-refractivity contribution < 1.29 is 0 Å². The van der Waals surface area contributed by atoms with E-state index in [2.05, 4.69) is 31.7 Å². The van der Waals surface area contributed by atoms with Crippen molar-refractivity contribution in [1.29, 1.82) is 0 Å². The molecule has 0 fully saturated rings. The average Bonchev–Trinajstić information content (AvgIpc) is 1.89. The molecule has 0 aromatic heterocycles. The minimum atomic E-state index is 0. The maximum Gasteiger partial charge on any atom is 0.0156 e. The molecule has 0 bridgehead atoms. The molecule has 0 saturated carbocycles. The Bertz CT molecular complexity index is 198. The maximum absolute atomic E-state index is 4.18. The van der Waals surface area contributed by atoms with Crippen molar-refractivity contribution in [2.75, 3.05) is 0 Å². The van der Waals surface area contributed by atoms with Gasteiger partial charge in [-0.25, -0.2) is 0 Å². The van der Waals surface area contributed by atoms with Gasteiger partial charge in [-0.2, -0.15) is 12.6 Å². The summed E-state index contributed by atoms with van der Waals surface area (Å²) in [6.07, 6.45) is 0. The zero-order chi connectivity index (χ0) is 6.69. The van der Waals surface area contributed by atoms with E-state index in [0.29, 0.717) is 0 Å². The fourth-order valence-electron chi connectivity index (χ4n) is 0.787. The van der Waals surface area contributed by atoms with Gasteiger partial charge in [-0.3, -0.25) is 0 Å². The molecular formula is C8H10NaS. The van der Waals surface area contributed by atoms with Crippen LogP contribution < -0.4 is 0 Å². The van der Waals surface area contributed by atoms with Gasteiger partial charge in [0.25, 0.3) is 0 Å². The third-order valence-corrected chi connectivity index (χ3v) is 1.77. The summed E-state index contributed by atoms with van der Waals surface area (Å²) in [4.78, 5) is 0. The summed E-state index contributed by atoms with van der Waals surface area (Å²) >= 11 is 4.18. The number of hydrogen-bond donors (Lipinski definition) is 1. The Morgan fingerprint density at radius 1 is 1.30 bits per heavy atom. The first-order chi connectivity index (χ1) is 4.34. The van der Waals surface area contributed by atoms with Crippen molar-refractivity contribution in [3.8, 4) is 0 Å². The van der Waals surface area contributed by atoms with E-state index in [1.165, 1.54) is 11.1 Å². The van der Waals surface area contributed by atoms with Crippen LogP contribution in [0.4, 0.5) is 0 Å². The van der Waals surface area contributed by atoms with E-state index in [-0.39, 0.29) is 29.6 Å². The van der Waals surface area contributed by atoms with Crippen LogP contribution in [0.15, 0.2) is 24.3 Å². The summed E-state index contributed by atoms with van der Waals surface area (Å²) in [5.74, 6) is 0.840. The molecule has 0 amide bonds. The Hall–Kier alpha value is 0.570. The number of thiol groups is 1. The molecule has 0 atom stereocenters. The second-order valence-electron chi connectivity index (χ2n) is 2.08. The first-order valence-electron chi connectivity index (χ1n) is 3.00. The Morgan fingerprint density at radius 3 is 2.30 bits per heavy atom. The van der Waals surface area contributed by atoms with Crippen molar-refractivity contribution in [2.24, 2.45) is 0 Å². The van der Waals surface area contributed by atoms with Gasteiger partial charge in [-0.15, -0.1) is 0 Å². The molecule has 0 nitrogen and oxygen atoms in total. The Kier molecular flexibility index (Phi) is 5.55. The minimum absolute atomic E-state index is 0. The van der Waals surface area contributed by atoms with E-state index in [9.17, 15) is 0 Å². The van der Waals surface area contributed by atoms with Crippen molar-refractivity contribution >= 4 is 42.2 Å². The summed E-state index contributed by atoms with van der Waals surface area (Å²) in [6.45, 7) is 2.10. The standard InChI is InChI=1S/C8H10S.Na/c1-7-4-2-3-5-8(7)6-9;/h2-5,9H,6H2,1H3;. The molecule has 1 aromatic rings. The Morgan fingerprint density at radius 2 is 1.90 bits per heavy atom. The number of benzene rings is 1. The molecule has 1 radical (unpaired) electrons. The maximum atomic E-state index is 4.18. The zero-order valence-electron chi connectivity index (χ0n) is 6.46. The van der Waals surface area contributed by atoms with Crippen LogP contribution in [0.3, 0.4) is 0 Å². The van der Waals surface area contributed by atoms with Crippen LogP contribution in [0, 0.1) is 6.92 Å². The van der Waals surface area contributed by atoms with Crippen LogP contribution in [0.1, 0.15) is 11.1 Å². The van der Waals surface area contributed by atoms with Gasteiger partial charge >= 0.3 is 0 Å². The molecule has 49 valence electrons. The summed E-state index contributed by atoms with van der Waals surface area (Å²) in [5, 5.41) is 0. The fourth-order valence-corrected chi connectivity index (χ4v) is 1.14. The van der Waals surface area contributed by atoms with Crippen LogP contribution >= 0.6 is 12.6 Å². The smallest absolute Gasteiger partial charge is 0.0156 e. The van der Waals surface area contributed by atoms with Crippen molar-refractivity contribution in [3.05, 3.63) is 35.4 Å². The van der Waals surface area contributed by atoms with Crippen LogP contribution in [0.25, 0.3) is 0 Å². The molecule has 1 aromatic carbocycles. The molecule has 0 heterocycles. The molecule has 1 rings (SSSR count). The normalized spacial score (nSPS) is 8.60. The zero-order valence-corrected chi connectivity index (χ0v) is 9.36. The van der Waals surface area contributed by atoms with Gasteiger partial charge < -0.3 is 0 Å². The number of rotatable bonds is 1. The molecule has 0 N–H and O–H groups in total. The second-order valence-corrected chi connectivity index (χ2v) is 2.40.